The number of nitrogens with two attached hydrogens (primary N) is 1. The average Bonchev–Trinajstić information content (AvgIpc) is 3.32. The summed E-state index contributed by atoms with van der Waals surface area (Å²) in [7, 11) is 0. The zero-order chi connectivity index (χ0) is 23.8. The number of carbonyl (C=O) groups is 2. The molecule has 182 valence electrons. The Balaban J connectivity index is 1.38. The number of fused-ring (bicyclic) bond motifs is 5. The molecule has 4 aliphatic rings. The highest BCUT2D eigenvalue weighted by Gasteiger charge is 2.70. The van der Waals surface area contributed by atoms with Gasteiger partial charge in [0.1, 0.15) is 6.54 Å². The van der Waals surface area contributed by atoms with Gasteiger partial charge in [0.05, 0.1) is 11.8 Å². The van der Waals surface area contributed by atoms with Crippen molar-refractivity contribution in [3.63, 3.8) is 0 Å². The van der Waals surface area contributed by atoms with Crippen molar-refractivity contribution in [1.29, 1.82) is 0 Å². The van der Waals surface area contributed by atoms with Crippen molar-refractivity contribution in [3.8, 4) is 0 Å². The second kappa shape index (κ2) is 7.55. The maximum absolute atomic E-state index is 16.0. The van der Waals surface area contributed by atoms with Crippen LogP contribution in [0.1, 0.15) is 75.7 Å². The van der Waals surface area contributed by atoms with Gasteiger partial charge in [0.25, 0.3) is 11.8 Å². The highest BCUT2D eigenvalue weighted by molar-refractivity contribution is 5.90. The first-order chi connectivity index (χ1) is 15.4. The molecule has 5 rings (SSSR count). The lowest BCUT2D eigenvalue weighted by atomic mass is 9.47. The van der Waals surface area contributed by atoms with Crippen molar-refractivity contribution in [2.24, 2.45) is 46.7 Å². The molecule has 1 amide bonds. The molecule has 4 saturated carbocycles. The minimum Gasteiger partial charge on any atom is -0.390 e. The van der Waals surface area contributed by atoms with Crippen LogP contribution in [0, 0.1) is 40.9 Å². The first-order valence-electron chi connectivity index (χ1n) is 12.3. The van der Waals surface area contributed by atoms with Gasteiger partial charge in [-0.05, 0) is 81.5 Å². The Hall–Kier alpha value is -1.90. The number of carbonyl (C=O) groups excluding carboxylic acids is 2. The summed E-state index contributed by atoms with van der Waals surface area (Å²) in [5.41, 5.74) is 3.10. The summed E-state index contributed by atoms with van der Waals surface area (Å²) in [5, 5.41) is 17.9. The summed E-state index contributed by atoms with van der Waals surface area (Å²) in [4.78, 5) is 24.5. The molecule has 4 aliphatic carbocycles. The van der Waals surface area contributed by atoms with Gasteiger partial charge in [-0.25, -0.2) is 13.5 Å². The Kier molecular flexibility index (Phi) is 5.23. The fourth-order valence-corrected chi connectivity index (χ4v) is 8.31. The van der Waals surface area contributed by atoms with Crippen LogP contribution >= 0.6 is 0 Å². The second-order valence-corrected chi connectivity index (χ2v) is 11.6. The predicted molar refractivity (Wildman–Crippen MR) is 115 cm³/mol. The number of amides is 1. The number of halogens is 2. The third-order valence-corrected chi connectivity index (χ3v) is 9.85. The van der Waals surface area contributed by atoms with Crippen LogP contribution in [0.2, 0.25) is 0 Å². The number of alkyl halides is 2. The molecule has 1 heterocycles. The van der Waals surface area contributed by atoms with E-state index in [4.69, 9.17) is 5.73 Å². The lowest BCUT2D eigenvalue weighted by molar-refractivity contribution is -0.228. The van der Waals surface area contributed by atoms with Gasteiger partial charge in [-0.15, -0.1) is 5.10 Å². The Bertz CT molecular complexity index is 963. The molecular formula is C24H34F2N4O3. The molecule has 0 spiro atoms. The molecule has 0 bridgehead atoms. The predicted octanol–water partition coefficient (Wildman–Crippen LogP) is 3.21. The number of nitrogens with zero attached hydrogens (tertiary/aromatic N) is 3. The standard InChI is InChI=1S/C24H34F2N4O3/c1-22(33)8-7-14-13(9-22)3-4-15-16(14)10-24(25,26)23(2)17(15)5-6-18(23)20(31)12-30-11-19(21(27)32)28-29-30/h11,13-18,33H,3-10,12H2,1-2H3,(H2,27,32)/t13-,14+,15-,16-,17+,18-,22-,23+/m1/s1. The third kappa shape index (κ3) is 3.53. The molecule has 4 fully saturated rings. The smallest absolute Gasteiger partial charge is 0.270 e. The van der Waals surface area contributed by atoms with E-state index >= 15 is 8.78 Å². The fourth-order valence-electron chi connectivity index (χ4n) is 8.31. The molecule has 33 heavy (non-hydrogen) atoms. The quantitative estimate of drug-likeness (QED) is 0.711. The number of Topliss-reactive ketones (excluding diaryl/α,β-unsaturated/α-hetero) is 1. The molecule has 1 aromatic heterocycles. The van der Waals surface area contributed by atoms with Gasteiger partial charge < -0.3 is 10.8 Å². The van der Waals surface area contributed by atoms with E-state index < -0.39 is 28.8 Å². The van der Waals surface area contributed by atoms with Gasteiger partial charge in [-0.3, -0.25) is 9.59 Å². The summed E-state index contributed by atoms with van der Waals surface area (Å²) in [6, 6.07) is 0. The molecule has 3 N–H and O–H groups in total. The van der Waals surface area contributed by atoms with Crippen LogP contribution in [0.25, 0.3) is 0 Å². The van der Waals surface area contributed by atoms with Gasteiger partial charge >= 0.3 is 0 Å². The number of aromatic nitrogens is 3. The van der Waals surface area contributed by atoms with Gasteiger partial charge in [0, 0.05) is 17.8 Å². The fraction of sp³-hybridized carbons (Fsp3) is 0.833. The lowest BCUT2D eigenvalue weighted by Gasteiger charge is -2.59. The molecule has 0 aliphatic heterocycles. The molecule has 9 heteroatoms. The van der Waals surface area contributed by atoms with Crippen LogP contribution in [-0.2, 0) is 11.3 Å². The van der Waals surface area contributed by atoms with Crippen molar-refractivity contribution in [2.75, 3.05) is 0 Å². The third-order valence-electron chi connectivity index (χ3n) is 9.85. The first-order valence-corrected chi connectivity index (χ1v) is 12.3. The summed E-state index contributed by atoms with van der Waals surface area (Å²) in [6.07, 6.45) is 6.32. The van der Waals surface area contributed by atoms with E-state index in [9.17, 15) is 14.7 Å². The Morgan fingerprint density at radius 1 is 1.12 bits per heavy atom. The van der Waals surface area contributed by atoms with Crippen LogP contribution in [0.3, 0.4) is 0 Å². The van der Waals surface area contributed by atoms with Gasteiger partial charge in [-0.1, -0.05) is 12.1 Å². The zero-order valence-corrected chi connectivity index (χ0v) is 19.3. The largest absolute Gasteiger partial charge is 0.390 e. The number of ketones is 1. The van der Waals surface area contributed by atoms with Crippen LogP contribution < -0.4 is 5.73 Å². The van der Waals surface area contributed by atoms with Crippen molar-refractivity contribution in [2.45, 2.75) is 83.3 Å². The number of hydrogen-bond acceptors (Lipinski definition) is 5. The second-order valence-electron chi connectivity index (χ2n) is 11.6. The molecule has 0 aromatic carbocycles. The Morgan fingerprint density at radius 3 is 2.58 bits per heavy atom. The number of rotatable bonds is 4. The molecule has 0 saturated heterocycles. The van der Waals surface area contributed by atoms with Crippen molar-refractivity contribution in [1.82, 2.24) is 15.0 Å². The molecule has 7 nitrogen and oxygen atoms in total. The summed E-state index contributed by atoms with van der Waals surface area (Å²) < 4.78 is 33.2. The highest BCUT2D eigenvalue weighted by atomic mass is 19.3. The van der Waals surface area contributed by atoms with E-state index in [0.717, 1.165) is 19.3 Å². The average molecular weight is 465 g/mol. The van der Waals surface area contributed by atoms with Crippen molar-refractivity contribution >= 4 is 11.7 Å². The number of hydrogen-bond donors (Lipinski definition) is 2. The van der Waals surface area contributed by atoms with Crippen molar-refractivity contribution in [3.05, 3.63) is 11.9 Å². The van der Waals surface area contributed by atoms with Gasteiger partial charge in [0.2, 0.25) is 0 Å². The summed E-state index contributed by atoms with van der Waals surface area (Å²) in [6.45, 7) is 3.32. The number of aliphatic hydroxyl groups is 1. The minimum absolute atomic E-state index is 0.0322. The zero-order valence-electron chi connectivity index (χ0n) is 19.3. The Morgan fingerprint density at radius 2 is 1.88 bits per heavy atom. The molecule has 0 radical (unpaired) electrons. The van der Waals surface area contributed by atoms with E-state index in [1.165, 1.54) is 10.9 Å². The van der Waals surface area contributed by atoms with E-state index in [-0.39, 0.29) is 48.1 Å². The highest BCUT2D eigenvalue weighted by Crippen LogP contribution is 2.69. The van der Waals surface area contributed by atoms with Crippen LogP contribution in [0.4, 0.5) is 8.78 Å². The van der Waals surface area contributed by atoms with E-state index in [0.29, 0.717) is 31.6 Å². The Labute approximate surface area is 192 Å². The van der Waals surface area contributed by atoms with Gasteiger partial charge in [-0.2, -0.15) is 0 Å². The summed E-state index contributed by atoms with van der Waals surface area (Å²) in [5.74, 6) is -4.13. The van der Waals surface area contributed by atoms with Crippen molar-refractivity contribution < 1.29 is 23.5 Å². The topological polar surface area (TPSA) is 111 Å². The van der Waals surface area contributed by atoms with Crippen LogP contribution in [0.5, 0.6) is 0 Å². The first kappa shape index (κ1) is 22.9. The monoisotopic (exact) mass is 464 g/mol. The molecule has 1 aromatic rings. The maximum Gasteiger partial charge on any atom is 0.270 e. The normalized spacial score (nSPS) is 43.9. The van der Waals surface area contributed by atoms with E-state index in [2.05, 4.69) is 10.3 Å². The SMILES string of the molecule is C[C@@]1(O)CC[C@H]2[C@H](CC[C@@H]3[C@@H]2CC(F)(F)[C@]2(C)[C@@H](C(=O)Cn4cc(C(N)=O)nn4)CC[C@@H]32)C1. The lowest BCUT2D eigenvalue weighted by Crippen LogP contribution is -2.59. The maximum atomic E-state index is 16.0. The molecule has 0 unspecified atom stereocenters. The van der Waals surface area contributed by atoms with Crippen LogP contribution in [0.15, 0.2) is 6.20 Å². The summed E-state index contributed by atoms with van der Waals surface area (Å²) >= 11 is 0. The molecular weight excluding hydrogens is 430 g/mol. The minimum atomic E-state index is -2.93. The van der Waals surface area contributed by atoms with E-state index in [1.54, 1.807) is 6.92 Å². The van der Waals surface area contributed by atoms with Gasteiger partial charge in [0.15, 0.2) is 11.5 Å². The van der Waals surface area contributed by atoms with Crippen LogP contribution in [-0.4, -0.2) is 43.3 Å². The van der Waals surface area contributed by atoms with E-state index in [1.807, 2.05) is 6.92 Å². The molecule has 8 atom stereocenters. The number of primary amides is 1.